The molecule has 0 aliphatic heterocycles. The maximum atomic E-state index is 4.20. The Morgan fingerprint density at radius 3 is 2.89 bits per heavy atom. The van der Waals surface area contributed by atoms with E-state index < -0.39 is 0 Å². The van der Waals surface area contributed by atoms with Crippen molar-refractivity contribution in [1.29, 1.82) is 0 Å². The van der Waals surface area contributed by atoms with E-state index in [1.807, 2.05) is 0 Å². The summed E-state index contributed by atoms with van der Waals surface area (Å²) in [6.45, 7) is 6.56. The molecule has 2 aliphatic carbocycles. The number of rotatable bonds is 0. The molecule has 3 unspecified atom stereocenters. The quantitative estimate of drug-likeness (QED) is 0.481. The average Bonchev–Trinajstić information content (AvgIpc) is 2.75. The lowest BCUT2D eigenvalue weighted by atomic mass is 9.92. The van der Waals surface area contributed by atoms with Crippen LogP contribution in [0.4, 0.5) is 0 Å². The largest absolute Gasteiger partial charge is 0.0958 e. The summed E-state index contributed by atoms with van der Waals surface area (Å²) in [4.78, 5) is 0. The molecule has 0 amide bonds. The van der Waals surface area contributed by atoms with E-state index in [-0.39, 0.29) is 0 Å². The second-order valence-corrected chi connectivity index (χ2v) is 6.32. The average molecular weight is 244 g/mol. The first-order valence-corrected chi connectivity index (χ1v) is 7.76. The van der Waals surface area contributed by atoms with Crippen LogP contribution in [0.25, 0.3) is 0 Å². The zero-order chi connectivity index (χ0) is 12.8. The lowest BCUT2D eigenvalue weighted by molar-refractivity contribution is 0.463. The molecule has 0 aromatic carbocycles. The molecule has 3 atom stereocenters. The van der Waals surface area contributed by atoms with E-state index in [9.17, 15) is 0 Å². The summed E-state index contributed by atoms with van der Waals surface area (Å²) in [5, 5.41) is 0. The van der Waals surface area contributed by atoms with Crippen LogP contribution in [-0.2, 0) is 0 Å². The highest BCUT2D eigenvalue weighted by Gasteiger charge is 2.23. The Balaban J connectivity index is 1.99. The van der Waals surface area contributed by atoms with E-state index in [4.69, 9.17) is 0 Å². The SMILES string of the molecule is C=C1/C=C/CC2CCCC2/C=C/CCCC(C)C1. The normalized spacial score (nSPS) is 38.1. The van der Waals surface area contributed by atoms with Gasteiger partial charge in [0.2, 0.25) is 0 Å². The summed E-state index contributed by atoms with van der Waals surface area (Å²) in [6.07, 6.45) is 20.3. The maximum Gasteiger partial charge on any atom is -0.0202 e. The smallest absolute Gasteiger partial charge is 0.0202 e. The minimum Gasteiger partial charge on any atom is -0.0958 e. The molecule has 0 bridgehead atoms. The molecule has 2 rings (SSSR count). The summed E-state index contributed by atoms with van der Waals surface area (Å²) >= 11 is 0. The van der Waals surface area contributed by atoms with E-state index in [1.54, 1.807) is 0 Å². The third kappa shape index (κ3) is 4.15. The molecule has 1 saturated carbocycles. The zero-order valence-corrected chi connectivity index (χ0v) is 11.9. The summed E-state index contributed by atoms with van der Waals surface area (Å²) in [5.41, 5.74) is 1.32. The van der Waals surface area contributed by atoms with Crippen LogP contribution < -0.4 is 0 Å². The van der Waals surface area contributed by atoms with Gasteiger partial charge in [0.25, 0.3) is 0 Å². The first kappa shape index (κ1) is 13.6. The Morgan fingerprint density at radius 1 is 1.11 bits per heavy atom. The lowest BCUT2D eigenvalue weighted by Gasteiger charge is -2.13. The molecule has 0 saturated heterocycles. The van der Waals surface area contributed by atoms with Gasteiger partial charge in [0.1, 0.15) is 0 Å². The van der Waals surface area contributed by atoms with Crippen molar-refractivity contribution in [1.82, 2.24) is 0 Å². The van der Waals surface area contributed by atoms with E-state index >= 15 is 0 Å². The molecule has 18 heavy (non-hydrogen) atoms. The van der Waals surface area contributed by atoms with Crippen LogP contribution in [0.1, 0.15) is 58.3 Å². The highest BCUT2D eigenvalue weighted by atomic mass is 14.3. The van der Waals surface area contributed by atoms with Gasteiger partial charge >= 0.3 is 0 Å². The molecule has 0 nitrogen and oxygen atoms in total. The van der Waals surface area contributed by atoms with Crippen molar-refractivity contribution in [3.05, 3.63) is 36.5 Å². The fourth-order valence-electron chi connectivity index (χ4n) is 3.49. The van der Waals surface area contributed by atoms with Crippen molar-refractivity contribution in [3.63, 3.8) is 0 Å². The monoisotopic (exact) mass is 244 g/mol. The zero-order valence-electron chi connectivity index (χ0n) is 11.9. The van der Waals surface area contributed by atoms with Crippen LogP contribution in [0, 0.1) is 17.8 Å². The Morgan fingerprint density at radius 2 is 2.00 bits per heavy atom. The molecule has 0 aromatic rings. The summed E-state index contributed by atoms with van der Waals surface area (Å²) in [7, 11) is 0. The molecular formula is C18H28. The topological polar surface area (TPSA) is 0 Å². The summed E-state index contributed by atoms with van der Waals surface area (Å²) in [6, 6.07) is 0. The van der Waals surface area contributed by atoms with Gasteiger partial charge in [-0.15, -0.1) is 0 Å². The van der Waals surface area contributed by atoms with E-state index in [0.717, 1.165) is 17.8 Å². The third-order valence-corrected chi connectivity index (χ3v) is 4.57. The van der Waals surface area contributed by atoms with Crippen LogP contribution in [0.5, 0.6) is 0 Å². The molecular weight excluding hydrogens is 216 g/mol. The fourth-order valence-corrected chi connectivity index (χ4v) is 3.49. The minimum absolute atomic E-state index is 0.788. The fraction of sp³-hybridized carbons (Fsp3) is 0.667. The maximum absolute atomic E-state index is 4.20. The minimum atomic E-state index is 0.788. The van der Waals surface area contributed by atoms with Crippen LogP contribution in [0.3, 0.4) is 0 Å². The Bertz CT molecular complexity index is 321. The molecule has 0 N–H and O–H groups in total. The van der Waals surface area contributed by atoms with Gasteiger partial charge < -0.3 is 0 Å². The molecule has 2 aliphatic rings. The summed E-state index contributed by atoms with van der Waals surface area (Å²) in [5.74, 6) is 2.53. The van der Waals surface area contributed by atoms with E-state index in [2.05, 4.69) is 37.8 Å². The van der Waals surface area contributed by atoms with Crippen LogP contribution in [0.2, 0.25) is 0 Å². The predicted octanol–water partition coefficient (Wildman–Crippen LogP) is 5.67. The van der Waals surface area contributed by atoms with Crippen LogP contribution in [0.15, 0.2) is 36.5 Å². The third-order valence-electron chi connectivity index (χ3n) is 4.57. The van der Waals surface area contributed by atoms with Crippen molar-refractivity contribution in [2.45, 2.75) is 58.3 Å². The molecule has 1 fully saturated rings. The van der Waals surface area contributed by atoms with Crippen molar-refractivity contribution in [2.75, 3.05) is 0 Å². The van der Waals surface area contributed by atoms with E-state index in [1.165, 1.54) is 56.9 Å². The first-order valence-electron chi connectivity index (χ1n) is 7.76. The van der Waals surface area contributed by atoms with E-state index in [0.29, 0.717) is 0 Å². The van der Waals surface area contributed by atoms with Crippen molar-refractivity contribution < 1.29 is 0 Å². The molecule has 0 spiro atoms. The van der Waals surface area contributed by atoms with Gasteiger partial charge in [0, 0.05) is 0 Å². The number of hydrogen-bond acceptors (Lipinski definition) is 0. The van der Waals surface area contributed by atoms with Gasteiger partial charge in [-0.3, -0.25) is 0 Å². The second kappa shape index (κ2) is 6.97. The lowest BCUT2D eigenvalue weighted by Crippen LogP contribution is -2.03. The molecule has 0 heterocycles. The molecule has 0 aromatic heterocycles. The van der Waals surface area contributed by atoms with Gasteiger partial charge in [-0.25, -0.2) is 0 Å². The summed E-state index contributed by atoms with van der Waals surface area (Å²) < 4.78 is 0. The van der Waals surface area contributed by atoms with Crippen molar-refractivity contribution in [3.8, 4) is 0 Å². The van der Waals surface area contributed by atoms with Gasteiger partial charge in [0.05, 0.1) is 0 Å². The number of hydrogen-bond donors (Lipinski definition) is 0. The van der Waals surface area contributed by atoms with Crippen molar-refractivity contribution in [2.24, 2.45) is 17.8 Å². The Kier molecular flexibility index (Phi) is 5.28. The molecule has 100 valence electrons. The van der Waals surface area contributed by atoms with Crippen LogP contribution >= 0.6 is 0 Å². The number of allylic oxidation sites excluding steroid dienone is 5. The van der Waals surface area contributed by atoms with Crippen LogP contribution in [-0.4, -0.2) is 0 Å². The van der Waals surface area contributed by atoms with Gasteiger partial charge in [0.15, 0.2) is 0 Å². The van der Waals surface area contributed by atoms with Gasteiger partial charge in [-0.2, -0.15) is 0 Å². The first-order chi connectivity index (χ1) is 8.75. The second-order valence-electron chi connectivity index (χ2n) is 6.32. The van der Waals surface area contributed by atoms with Crippen molar-refractivity contribution >= 4 is 0 Å². The number of fused-ring (bicyclic) bond motifs is 1. The Labute approximate surface area is 113 Å². The van der Waals surface area contributed by atoms with Gasteiger partial charge in [-0.1, -0.05) is 56.2 Å². The van der Waals surface area contributed by atoms with Gasteiger partial charge in [-0.05, 0) is 56.3 Å². The predicted molar refractivity (Wildman–Crippen MR) is 80.5 cm³/mol. The Hall–Kier alpha value is -0.780. The standard InChI is InChI=1S/C18H28/c1-15-8-4-3-5-10-17-12-7-13-18(17)11-6-9-16(2)14-15/h5-6,9-10,15,17-18H,2-4,7-8,11-14H2,1H3/b9-6+,10-5+. The highest BCUT2D eigenvalue weighted by molar-refractivity contribution is 5.15. The molecule has 0 heteroatoms. The molecule has 0 radical (unpaired) electrons. The highest BCUT2D eigenvalue weighted by Crippen LogP contribution is 2.35.